The Morgan fingerprint density at radius 3 is 2.65 bits per heavy atom. The molecular weight excluding hydrogens is 236 g/mol. The third-order valence-corrected chi connectivity index (χ3v) is 2.99. The summed E-state index contributed by atoms with van der Waals surface area (Å²) in [6, 6.07) is 3.71. The van der Waals surface area contributed by atoms with Crippen LogP contribution in [0.15, 0.2) is 24.5 Å². The summed E-state index contributed by atoms with van der Waals surface area (Å²) in [4.78, 5) is 15.4. The first-order chi connectivity index (χ1) is 8.16. The summed E-state index contributed by atoms with van der Waals surface area (Å²) in [5, 5.41) is 12.0. The van der Waals surface area contributed by atoms with E-state index in [0.717, 1.165) is 10.6 Å². The second-order valence-corrected chi connectivity index (χ2v) is 4.77. The van der Waals surface area contributed by atoms with Crippen LogP contribution in [-0.4, -0.2) is 21.1 Å². The van der Waals surface area contributed by atoms with Gasteiger partial charge in [-0.15, -0.1) is 10.2 Å². The molecule has 5 nitrogen and oxygen atoms in total. The second-order valence-electron chi connectivity index (χ2n) is 3.79. The van der Waals surface area contributed by atoms with Gasteiger partial charge in [-0.2, -0.15) is 0 Å². The highest BCUT2D eigenvalue weighted by Gasteiger charge is 2.11. The zero-order valence-electron chi connectivity index (χ0n) is 9.54. The molecule has 0 saturated carbocycles. The molecule has 0 atom stereocenters. The standard InChI is InChI=1S/C11H12N4OS/c1-7(2)9(16)13-11-15-14-10(17-11)8-3-5-12-6-4-8/h3-7H,1-2H3,(H,13,15,16). The number of aromatic nitrogens is 3. The van der Waals surface area contributed by atoms with Gasteiger partial charge in [-0.05, 0) is 12.1 Å². The smallest absolute Gasteiger partial charge is 0.228 e. The fourth-order valence-corrected chi connectivity index (χ4v) is 1.89. The molecule has 6 heteroatoms. The molecule has 88 valence electrons. The Bertz CT molecular complexity index is 509. The summed E-state index contributed by atoms with van der Waals surface area (Å²) < 4.78 is 0. The molecule has 0 aliphatic carbocycles. The number of anilines is 1. The van der Waals surface area contributed by atoms with E-state index in [1.807, 2.05) is 26.0 Å². The number of carbonyl (C=O) groups is 1. The summed E-state index contributed by atoms with van der Waals surface area (Å²) in [6.45, 7) is 3.67. The van der Waals surface area contributed by atoms with Crippen LogP contribution in [0.2, 0.25) is 0 Å². The zero-order chi connectivity index (χ0) is 12.3. The van der Waals surface area contributed by atoms with Crippen LogP contribution in [0.1, 0.15) is 13.8 Å². The third-order valence-electron chi connectivity index (χ3n) is 2.11. The number of pyridine rings is 1. The lowest BCUT2D eigenvalue weighted by molar-refractivity contribution is -0.118. The molecule has 0 fully saturated rings. The number of nitrogens with zero attached hydrogens (tertiary/aromatic N) is 3. The number of hydrogen-bond acceptors (Lipinski definition) is 5. The van der Waals surface area contributed by atoms with Crippen LogP contribution in [0.25, 0.3) is 10.6 Å². The Morgan fingerprint density at radius 2 is 2.00 bits per heavy atom. The van der Waals surface area contributed by atoms with Crippen LogP contribution in [0.5, 0.6) is 0 Å². The van der Waals surface area contributed by atoms with Crippen LogP contribution in [0.3, 0.4) is 0 Å². The minimum absolute atomic E-state index is 0.0533. The zero-order valence-corrected chi connectivity index (χ0v) is 10.4. The molecule has 1 amide bonds. The molecule has 0 unspecified atom stereocenters. The highest BCUT2D eigenvalue weighted by Crippen LogP contribution is 2.25. The molecule has 2 aromatic rings. The molecule has 2 rings (SSSR count). The van der Waals surface area contributed by atoms with E-state index < -0.39 is 0 Å². The monoisotopic (exact) mass is 248 g/mol. The van der Waals surface area contributed by atoms with E-state index in [-0.39, 0.29) is 11.8 Å². The first-order valence-electron chi connectivity index (χ1n) is 5.21. The SMILES string of the molecule is CC(C)C(=O)Nc1nnc(-c2ccncc2)s1. The van der Waals surface area contributed by atoms with Crippen LogP contribution in [0.4, 0.5) is 5.13 Å². The highest BCUT2D eigenvalue weighted by atomic mass is 32.1. The van der Waals surface area contributed by atoms with E-state index in [0.29, 0.717) is 5.13 Å². The Morgan fingerprint density at radius 1 is 1.29 bits per heavy atom. The van der Waals surface area contributed by atoms with Crippen molar-refractivity contribution in [2.24, 2.45) is 5.92 Å². The average Bonchev–Trinajstić information content (AvgIpc) is 2.78. The number of nitrogens with one attached hydrogen (secondary N) is 1. The molecular formula is C11H12N4OS. The van der Waals surface area contributed by atoms with Crippen LogP contribution >= 0.6 is 11.3 Å². The van der Waals surface area contributed by atoms with Crippen LogP contribution in [0, 0.1) is 5.92 Å². The van der Waals surface area contributed by atoms with Crippen molar-refractivity contribution in [1.29, 1.82) is 0 Å². The molecule has 2 aromatic heterocycles. The number of rotatable bonds is 3. The lowest BCUT2D eigenvalue weighted by atomic mass is 10.2. The molecule has 0 radical (unpaired) electrons. The van der Waals surface area contributed by atoms with Crippen molar-refractivity contribution in [1.82, 2.24) is 15.2 Å². The van der Waals surface area contributed by atoms with Gasteiger partial charge in [-0.3, -0.25) is 9.78 Å². The molecule has 0 aromatic carbocycles. The fourth-order valence-electron chi connectivity index (χ4n) is 1.13. The van der Waals surface area contributed by atoms with Crippen molar-refractivity contribution in [2.45, 2.75) is 13.8 Å². The Hall–Kier alpha value is -1.82. The molecule has 1 N–H and O–H groups in total. The maximum Gasteiger partial charge on any atom is 0.228 e. The van der Waals surface area contributed by atoms with Crippen molar-refractivity contribution in [3.05, 3.63) is 24.5 Å². The molecule has 0 spiro atoms. The van der Waals surface area contributed by atoms with E-state index in [1.165, 1.54) is 11.3 Å². The van der Waals surface area contributed by atoms with Crippen LogP contribution in [-0.2, 0) is 4.79 Å². The van der Waals surface area contributed by atoms with Gasteiger partial charge in [0.25, 0.3) is 0 Å². The molecule has 0 aliphatic heterocycles. The first kappa shape index (κ1) is 11.7. The van der Waals surface area contributed by atoms with E-state index in [1.54, 1.807) is 12.4 Å². The minimum Gasteiger partial charge on any atom is -0.300 e. The van der Waals surface area contributed by atoms with Crippen LogP contribution < -0.4 is 5.32 Å². The van der Waals surface area contributed by atoms with Gasteiger partial charge in [0.05, 0.1) is 0 Å². The average molecular weight is 248 g/mol. The van der Waals surface area contributed by atoms with Gasteiger partial charge >= 0.3 is 0 Å². The molecule has 17 heavy (non-hydrogen) atoms. The van der Waals surface area contributed by atoms with E-state index in [4.69, 9.17) is 0 Å². The van der Waals surface area contributed by atoms with Gasteiger partial charge in [0.1, 0.15) is 5.01 Å². The quantitative estimate of drug-likeness (QED) is 0.904. The van der Waals surface area contributed by atoms with E-state index in [2.05, 4.69) is 20.5 Å². The van der Waals surface area contributed by atoms with Gasteiger partial charge in [0.2, 0.25) is 11.0 Å². The van der Waals surface area contributed by atoms with Gasteiger partial charge < -0.3 is 5.32 Å². The van der Waals surface area contributed by atoms with Gasteiger partial charge in [0, 0.05) is 23.9 Å². The Labute approximate surface area is 103 Å². The molecule has 2 heterocycles. The van der Waals surface area contributed by atoms with Crippen molar-refractivity contribution in [3.8, 4) is 10.6 Å². The number of carbonyl (C=O) groups excluding carboxylic acids is 1. The van der Waals surface area contributed by atoms with E-state index in [9.17, 15) is 4.79 Å². The fraction of sp³-hybridized carbons (Fsp3) is 0.273. The first-order valence-corrected chi connectivity index (χ1v) is 6.03. The largest absolute Gasteiger partial charge is 0.300 e. The second kappa shape index (κ2) is 5.01. The topological polar surface area (TPSA) is 67.8 Å². The van der Waals surface area contributed by atoms with Crippen molar-refractivity contribution in [2.75, 3.05) is 5.32 Å². The lowest BCUT2D eigenvalue weighted by Gasteiger charge is -2.02. The van der Waals surface area contributed by atoms with Gasteiger partial charge in [-0.25, -0.2) is 0 Å². The molecule has 0 saturated heterocycles. The normalized spacial score (nSPS) is 10.5. The number of amides is 1. The summed E-state index contributed by atoms with van der Waals surface area (Å²) >= 11 is 1.35. The Balaban J connectivity index is 2.14. The van der Waals surface area contributed by atoms with Gasteiger partial charge in [0.15, 0.2) is 0 Å². The minimum atomic E-state index is -0.0664. The maximum absolute atomic E-state index is 11.5. The summed E-state index contributed by atoms with van der Waals surface area (Å²) in [7, 11) is 0. The maximum atomic E-state index is 11.5. The van der Waals surface area contributed by atoms with Crippen molar-refractivity contribution < 1.29 is 4.79 Å². The Kier molecular flexibility index (Phi) is 3.43. The summed E-state index contributed by atoms with van der Waals surface area (Å²) in [6.07, 6.45) is 3.40. The van der Waals surface area contributed by atoms with Crippen molar-refractivity contribution in [3.63, 3.8) is 0 Å². The molecule has 0 aliphatic rings. The van der Waals surface area contributed by atoms with Gasteiger partial charge in [-0.1, -0.05) is 25.2 Å². The lowest BCUT2D eigenvalue weighted by Crippen LogP contribution is -2.17. The summed E-state index contributed by atoms with van der Waals surface area (Å²) in [5.41, 5.74) is 0.947. The predicted octanol–water partition coefficient (Wildman–Crippen LogP) is 2.19. The molecule has 0 bridgehead atoms. The predicted molar refractivity (Wildman–Crippen MR) is 66.6 cm³/mol. The van der Waals surface area contributed by atoms with E-state index >= 15 is 0 Å². The summed E-state index contributed by atoms with van der Waals surface area (Å²) in [5.74, 6) is -0.120. The third kappa shape index (κ3) is 2.85. The number of hydrogen-bond donors (Lipinski definition) is 1. The highest BCUT2D eigenvalue weighted by molar-refractivity contribution is 7.18. The van der Waals surface area contributed by atoms with Crippen molar-refractivity contribution >= 4 is 22.4 Å².